The van der Waals surface area contributed by atoms with Gasteiger partial charge in [-0.2, -0.15) is 0 Å². The molecule has 198 valence electrons. The van der Waals surface area contributed by atoms with Gasteiger partial charge in [0.2, 0.25) is 0 Å². The van der Waals surface area contributed by atoms with Crippen LogP contribution in [0.3, 0.4) is 0 Å². The molecule has 7 aromatic carbocycles. The van der Waals surface area contributed by atoms with Crippen molar-refractivity contribution in [3.8, 4) is 33.8 Å². The molecule has 0 aromatic heterocycles. The second kappa shape index (κ2) is 8.34. The van der Waals surface area contributed by atoms with Crippen molar-refractivity contribution < 1.29 is 10.2 Å². The van der Waals surface area contributed by atoms with Gasteiger partial charge < -0.3 is 10.2 Å². The molecule has 2 nitrogen and oxygen atoms in total. The molecule has 0 saturated heterocycles. The molecule has 2 heteroatoms. The molecule has 9 rings (SSSR count). The lowest BCUT2D eigenvalue weighted by Crippen LogP contribution is -2.28. The quantitative estimate of drug-likeness (QED) is 0.230. The van der Waals surface area contributed by atoms with Gasteiger partial charge in [0.15, 0.2) is 0 Å². The summed E-state index contributed by atoms with van der Waals surface area (Å²) in [6.07, 6.45) is 0.951. The number of benzene rings is 7. The third-order valence-corrected chi connectivity index (χ3v) is 9.47. The van der Waals surface area contributed by atoms with Gasteiger partial charge in [0, 0.05) is 0 Å². The molecule has 0 bridgehead atoms. The van der Waals surface area contributed by atoms with E-state index < -0.39 is 5.41 Å². The lowest BCUT2D eigenvalue weighted by atomic mass is 9.67. The van der Waals surface area contributed by atoms with E-state index in [9.17, 15) is 10.2 Å². The summed E-state index contributed by atoms with van der Waals surface area (Å²) in [5.74, 6) is 0.544. The monoisotopic (exact) mass is 538 g/mol. The van der Waals surface area contributed by atoms with Crippen LogP contribution in [0.4, 0.5) is 0 Å². The minimum atomic E-state index is -0.559. The van der Waals surface area contributed by atoms with Crippen molar-refractivity contribution in [3.05, 3.63) is 167 Å². The van der Waals surface area contributed by atoms with Crippen molar-refractivity contribution in [2.24, 2.45) is 0 Å². The summed E-state index contributed by atoms with van der Waals surface area (Å²) < 4.78 is 0. The maximum Gasteiger partial charge on any atom is 0.116 e. The summed E-state index contributed by atoms with van der Waals surface area (Å²) in [5.41, 5.74) is 12.3. The van der Waals surface area contributed by atoms with Crippen LogP contribution >= 0.6 is 0 Å². The number of rotatable bonds is 2. The summed E-state index contributed by atoms with van der Waals surface area (Å²) in [7, 11) is 0. The molecule has 0 atom stereocenters. The number of phenolic OH excluding ortho intramolecular Hbond substituents is 2. The van der Waals surface area contributed by atoms with E-state index in [1.807, 2.05) is 24.3 Å². The Balaban J connectivity index is 1.42. The molecule has 2 N–H and O–H groups in total. The average Bonchev–Trinajstić information content (AvgIpc) is 3.52. The highest BCUT2D eigenvalue weighted by molar-refractivity contribution is 5.94. The Kier molecular flexibility index (Phi) is 4.64. The minimum absolute atomic E-state index is 0.272. The van der Waals surface area contributed by atoms with E-state index >= 15 is 0 Å². The van der Waals surface area contributed by atoms with Crippen LogP contribution in [0, 0.1) is 0 Å². The Morgan fingerprint density at radius 1 is 0.405 bits per heavy atom. The average molecular weight is 539 g/mol. The molecular weight excluding hydrogens is 512 g/mol. The van der Waals surface area contributed by atoms with Gasteiger partial charge in [0.1, 0.15) is 11.5 Å². The maximum absolute atomic E-state index is 10.2. The molecule has 2 aliphatic carbocycles. The topological polar surface area (TPSA) is 40.5 Å². The number of fused-ring (bicyclic) bond motifs is 8. The summed E-state index contributed by atoms with van der Waals surface area (Å²) in [4.78, 5) is 0. The van der Waals surface area contributed by atoms with Gasteiger partial charge in [-0.1, -0.05) is 84.9 Å². The zero-order valence-electron chi connectivity index (χ0n) is 22.8. The lowest BCUT2D eigenvalue weighted by Gasteiger charge is -2.34. The first-order valence-corrected chi connectivity index (χ1v) is 14.4. The summed E-state index contributed by atoms with van der Waals surface area (Å²) in [6, 6.07) is 47.0. The molecule has 7 aromatic rings. The number of aromatic hydroxyl groups is 2. The van der Waals surface area contributed by atoms with Gasteiger partial charge in [-0.05, 0) is 132 Å². The zero-order valence-corrected chi connectivity index (χ0v) is 22.8. The Labute approximate surface area is 243 Å². The Hall–Kier alpha value is -5.34. The van der Waals surface area contributed by atoms with Crippen molar-refractivity contribution in [1.82, 2.24) is 0 Å². The second-order valence-electron chi connectivity index (χ2n) is 11.7. The van der Waals surface area contributed by atoms with E-state index in [-0.39, 0.29) is 11.5 Å². The molecule has 0 radical (unpaired) electrons. The van der Waals surface area contributed by atoms with Crippen LogP contribution in [-0.2, 0) is 11.8 Å². The third-order valence-electron chi connectivity index (χ3n) is 9.47. The van der Waals surface area contributed by atoms with Crippen LogP contribution in [0.2, 0.25) is 0 Å². The van der Waals surface area contributed by atoms with Gasteiger partial charge in [-0.25, -0.2) is 0 Å². The van der Waals surface area contributed by atoms with Gasteiger partial charge in [0.25, 0.3) is 0 Å². The summed E-state index contributed by atoms with van der Waals surface area (Å²) >= 11 is 0. The standard InChI is InChI=1S/C40H26O2/c41-32-15-11-24-18-30(13-9-26(24)20-32)40(31-14-10-27-21-33(42)16-12-25(27)19-31)38-8-4-3-7-35(38)37-22-29-17-28-5-1-2-6-34(28)36(29)23-39(37)40/h1-16,18-23,41-42H,17H2. The largest absolute Gasteiger partial charge is 0.508 e. The van der Waals surface area contributed by atoms with Crippen molar-refractivity contribution >= 4 is 21.5 Å². The Morgan fingerprint density at radius 3 is 1.67 bits per heavy atom. The predicted molar refractivity (Wildman–Crippen MR) is 170 cm³/mol. The molecule has 0 aliphatic heterocycles. The second-order valence-corrected chi connectivity index (χ2v) is 11.7. The molecule has 0 heterocycles. The normalized spacial score (nSPS) is 14.0. The van der Waals surface area contributed by atoms with Crippen LogP contribution in [0.15, 0.2) is 133 Å². The van der Waals surface area contributed by atoms with E-state index in [1.165, 1.54) is 55.6 Å². The number of hydrogen-bond donors (Lipinski definition) is 2. The lowest BCUT2D eigenvalue weighted by molar-refractivity contribution is 0.475. The van der Waals surface area contributed by atoms with E-state index in [1.54, 1.807) is 12.1 Å². The molecule has 0 amide bonds. The summed E-state index contributed by atoms with van der Waals surface area (Å²) in [5, 5.41) is 24.5. The molecule has 0 spiro atoms. The Bertz CT molecular complexity index is 2170. The van der Waals surface area contributed by atoms with E-state index in [4.69, 9.17) is 0 Å². The molecule has 42 heavy (non-hydrogen) atoms. The molecule has 0 fully saturated rings. The minimum Gasteiger partial charge on any atom is -0.508 e. The number of hydrogen-bond acceptors (Lipinski definition) is 2. The third kappa shape index (κ3) is 3.09. The summed E-state index contributed by atoms with van der Waals surface area (Å²) in [6.45, 7) is 0. The van der Waals surface area contributed by atoms with Crippen molar-refractivity contribution in [2.75, 3.05) is 0 Å². The smallest absolute Gasteiger partial charge is 0.116 e. The van der Waals surface area contributed by atoms with Gasteiger partial charge >= 0.3 is 0 Å². The fourth-order valence-electron chi connectivity index (χ4n) is 7.63. The van der Waals surface area contributed by atoms with Gasteiger partial charge in [-0.3, -0.25) is 0 Å². The molecule has 0 unspecified atom stereocenters. The van der Waals surface area contributed by atoms with Gasteiger partial charge in [0.05, 0.1) is 5.41 Å². The first kappa shape index (κ1) is 23.4. The highest BCUT2D eigenvalue weighted by atomic mass is 16.3. The van der Waals surface area contributed by atoms with Crippen LogP contribution < -0.4 is 0 Å². The van der Waals surface area contributed by atoms with E-state index in [0.29, 0.717) is 0 Å². The van der Waals surface area contributed by atoms with E-state index in [2.05, 4.69) is 97.1 Å². The zero-order chi connectivity index (χ0) is 28.0. The van der Waals surface area contributed by atoms with Crippen LogP contribution in [0.5, 0.6) is 11.5 Å². The molecular formula is C40H26O2. The molecule has 2 aliphatic rings. The van der Waals surface area contributed by atoms with Crippen molar-refractivity contribution in [3.63, 3.8) is 0 Å². The van der Waals surface area contributed by atoms with Crippen molar-refractivity contribution in [2.45, 2.75) is 11.8 Å². The predicted octanol–water partition coefficient (Wildman–Crippen LogP) is 9.34. The first-order valence-electron chi connectivity index (χ1n) is 14.4. The maximum atomic E-state index is 10.2. The fourth-order valence-corrected chi connectivity index (χ4v) is 7.63. The SMILES string of the molecule is Oc1ccc2cc(C3(c4ccc5cc(O)ccc5c4)c4ccccc4-c4cc5c(cc43)-c3ccccc3C5)ccc2c1. The van der Waals surface area contributed by atoms with Crippen LogP contribution in [-0.4, -0.2) is 10.2 Å². The van der Waals surface area contributed by atoms with Gasteiger partial charge in [-0.15, -0.1) is 0 Å². The highest BCUT2D eigenvalue weighted by Gasteiger charge is 2.47. The molecule has 0 saturated carbocycles. The first-order chi connectivity index (χ1) is 20.6. The van der Waals surface area contributed by atoms with Crippen LogP contribution in [0.25, 0.3) is 43.8 Å². The van der Waals surface area contributed by atoms with E-state index in [0.717, 1.165) is 28.0 Å². The van der Waals surface area contributed by atoms with Crippen molar-refractivity contribution in [1.29, 1.82) is 0 Å². The fraction of sp³-hybridized carbons (Fsp3) is 0.0500. The Morgan fingerprint density at radius 2 is 0.976 bits per heavy atom. The number of phenols is 2. The van der Waals surface area contributed by atoms with Crippen LogP contribution in [0.1, 0.15) is 33.4 Å². The highest BCUT2D eigenvalue weighted by Crippen LogP contribution is 2.58.